The molecule has 0 fully saturated rings. The molecule has 0 aromatic carbocycles. The van der Waals surface area contributed by atoms with E-state index in [0.29, 0.717) is 0 Å². The molecule has 0 aliphatic carbocycles. The number of hydrogen-bond acceptors (Lipinski definition) is 5. The first-order valence-corrected chi connectivity index (χ1v) is 4.63. The second-order valence-electron chi connectivity index (χ2n) is 0.820. The Kier molecular flexibility index (Phi) is 3.41. The second kappa shape index (κ2) is 3.29. The van der Waals surface area contributed by atoms with Crippen molar-refractivity contribution < 1.29 is 9.90 Å². The number of aliphatic carboxylic acids is 1. The van der Waals surface area contributed by atoms with Gasteiger partial charge in [0.15, 0.2) is 0 Å². The van der Waals surface area contributed by atoms with Gasteiger partial charge in [-0.15, -0.1) is 0 Å². The Labute approximate surface area is 52.4 Å². The van der Waals surface area contributed by atoms with Crippen LogP contribution in [-0.2, 0) is 35.2 Å². The molecule has 0 unspecified atom stereocenters. The normalized spacial score (nSPS) is 9.29. The van der Waals surface area contributed by atoms with Gasteiger partial charge in [0.1, 0.15) is 0 Å². The van der Waals surface area contributed by atoms with Crippen molar-refractivity contribution in [1.29, 1.82) is 0 Å². The predicted octanol–water partition coefficient (Wildman–Crippen LogP) is -1.72. The van der Waals surface area contributed by atoms with Gasteiger partial charge in [-0.25, -0.2) is 0 Å². The van der Waals surface area contributed by atoms with Crippen LogP contribution in [0.3, 0.4) is 0 Å². The highest BCUT2D eigenvalue weighted by Gasteiger charge is 1.66. The number of carboxylic acid groups (broad SMARTS) is 1. The minimum atomic E-state index is -1.16. The van der Waals surface area contributed by atoms with Crippen molar-refractivity contribution in [3.63, 3.8) is 0 Å². The largest absolute Gasteiger partial charge is 0.552 e. The van der Waals surface area contributed by atoms with Crippen molar-refractivity contribution in [3.8, 4) is 0 Å². The minimum absolute atomic E-state index is 0.176. The molecule has 42 valence electrons. The quantitative estimate of drug-likeness (QED) is 0.444. The standard InChI is InChI=1S/C2H3O2S3/c3-2(4)1-7(5)6/h1H2,(H,3,4)/q-1/p-1. The molecule has 0 amide bonds. The SMILES string of the molecule is O=C([O-])C[S-](=S)=S. The van der Waals surface area contributed by atoms with E-state index in [1.807, 2.05) is 0 Å². The number of hydrogen-bond donors (Lipinski definition) is 0. The van der Waals surface area contributed by atoms with E-state index < -0.39 is 14.0 Å². The summed E-state index contributed by atoms with van der Waals surface area (Å²) in [6.45, 7) is 0. The zero-order valence-corrected chi connectivity index (χ0v) is 5.70. The molecule has 0 atom stereocenters. The van der Waals surface area contributed by atoms with E-state index in [-0.39, 0.29) is 5.75 Å². The topological polar surface area (TPSA) is 40.1 Å². The van der Waals surface area contributed by atoms with Crippen LogP contribution in [0.2, 0.25) is 0 Å². The van der Waals surface area contributed by atoms with E-state index in [9.17, 15) is 9.90 Å². The average Bonchev–Trinajstić information content (AvgIpc) is 1.27. The molecule has 0 radical (unpaired) electrons. The molecule has 0 aliphatic heterocycles. The van der Waals surface area contributed by atoms with Crippen molar-refractivity contribution in [3.05, 3.63) is 0 Å². The number of rotatable bonds is 2. The fourth-order valence-electron chi connectivity index (χ4n) is 0.0962. The molecule has 0 saturated heterocycles. The van der Waals surface area contributed by atoms with Crippen LogP contribution in [-0.4, -0.2) is 11.7 Å². The first-order valence-electron chi connectivity index (χ1n) is 1.38. The molecule has 0 spiro atoms. The minimum Gasteiger partial charge on any atom is -0.552 e. The van der Waals surface area contributed by atoms with Crippen LogP contribution in [0.4, 0.5) is 0 Å². The van der Waals surface area contributed by atoms with E-state index >= 15 is 0 Å². The molecule has 0 aromatic rings. The summed E-state index contributed by atoms with van der Waals surface area (Å²) in [5, 5.41) is 9.57. The van der Waals surface area contributed by atoms with E-state index in [1.54, 1.807) is 0 Å². The summed E-state index contributed by atoms with van der Waals surface area (Å²) >= 11 is 8.75. The Morgan fingerprint density at radius 1 is 1.71 bits per heavy atom. The van der Waals surface area contributed by atoms with Gasteiger partial charge in [-0.1, -0.05) is 5.75 Å². The monoisotopic (exact) mass is 154 g/mol. The van der Waals surface area contributed by atoms with Crippen LogP contribution in [0.25, 0.3) is 0 Å². The third-order valence-electron chi connectivity index (χ3n) is 0.236. The molecular weight excluding hydrogens is 152 g/mol. The van der Waals surface area contributed by atoms with Gasteiger partial charge in [0, 0.05) is 5.97 Å². The van der Waals surface area contributed by atoms with Crippen molar-refractivity contribution in [2.75, 3.05) is 5.75 Å². The van der Waals surface area contributed by atoms with E-state index in [0.717, 1.165) is 0 Å². The Bertz CT molecular complexity index is 128. The summed E-state index contributed by atoms with van der Waals surface area (Å²) in [6, 6.07) is 0. The van der Waals surface area contributed by atoms with E-state index in [1.165, 1.54) is 0 Å². The fraction of sp³-hybridized carbons (Fsp3) is 0.500. The van der Waals surface area contributed by atoms with E-state index in [2.05, 4.69) is 22.4 Å². The van der Waals surface area contributed by atoms with Gasteiger partial charge in [-0.05, 0) is 0 Å². The van der Waals surface area contributed by atoms with Crippen molar-refractivity contribution >= 4 is 36.4 Å². The highest BCUT2D eigenvalue weighted by molar-refractivity contribution is 8.46. The van der Waals surface area contributed by atoms with Crippen LogP contribution in [0.5, 0.6) is 0 Å². The van der Waals surface area contributed by atoms with Crippen molar-refractivity contribution in [2.45, 2.75) is 0 Å². The molecule has 0 rings (SSSR count). The molecule has 0 heterocycles. The molecule has 0 aromatic heterocycles. The van der Waals surface area contributed by atoms with Gasteiger partial charge < -0.3 is 17.9 Å². The van der Waals surface area contributed by atoms with Gasteiger partial charge >= 0.3 is 0 Å². The summed E-state index contributed by atoms with van der Waals surface area (Å²) in [6.07, 6.45) is 0. The fourth-order valence-corrected chi connectivity index (χ4v) is 0.866. The highest BCUT2D eigenvalue weighted by atomic mass is 33.1. The first-order chi connectivity index (χ1) is 3.13. The molecule has 0 bridgehead atoms. The van der Waals surface area contributed by atoms with Gasteiger partial charge in [0.2, 0.25) is 0 Å². The lowest BCUT2D eigenvalue weighted by Gasteiger charge is -2.00. The van der Waals surface area contributed by atoms with Crippen LogP contribution in [0.15, 0.2) is 0 Å². The predicted molar refractivity (Wildman–Crippen MR) is 32.0 cm³/mol. The van der Waals surface area contributed by atoms with Gasteiger partial charge in [0.25, 0.3) is 0 Å². The summed E-state index contributed by atoms with van der Waals surface area (Å²) in [4.78, 5) is 9.57. The lowest BCUT2D eigenvalue weighted by atomic mass is 10.8. The van der Waals surface area contributed by atoms with Crippen molar-refractivity contribution in [2.24, 2.45) is 0 Å². The lowest BCUT2D eigenvalue weighted by molar-refractivity contribution is -0.301. The molecule has 0 aliphatic rings. The Morgan fingerprint density at radius 2 is 2.14 bits per heavy atom. The summed E-state index contributed by atoms with van der Waals surface area (Å²) in [5.74, 6) is -1.33. The summed E-state index contributed by atoms with van der Waals surface area (Å²) in [7, 11) is -0.841. The maximum Gasteiger partial charge on any atom is 0.0221 e. The van der Waals surface area contributed by atoms with Gasteiger partial charge in [0.05, 0.1) is 0 Å². The smallest absolute Gasteiger partial charge is 0.0221 e. The van der Waals surface area contributed by atoms with Gasteiger partial charge in [-0.2, -0.15) is 0 Å². The maximum absolute atomic E-state index is 9.57. The number of carbonyl (C=O) groups is 1. The molecular formula is C2H2O2S3-2. The van der Waals surface area contributed by atoms with E-state index in [4.69, 9.17) is 0 Å². The third-order valence-corrected chi connectivity index (χ3v) is 1.41. The number of carbonyl (C=O) groups excluding carboxylic acids is 1. The Hall–Kier alpha value is 0.260. The Morgan fingerprint density at radius 3 is 2.14 bits per heavy atom. The lowest BCUT2D eigenvalue weighted by Crippen LogP contribution is -2.26. The number of carboxylic acids is 1. The van der Waals surface area contributed by atoms with Crippen LogP contribution < -0.4 is 5.11 Å². The molecule has 7 heavy (non-hydrogen) atoms. The molecule has 2 nitrogen and oxygen atoms in total. The molecule has 0 saturated carbocycles. The third kappa shape index (κ3) is 6.26. The second-order valence-corrected chi connectivity index (χ2v) is 4.76. The molecule has 0 N–H and O–H groups in total. The average molecular weight is 154 g/mol. The molecule has 5 heteroatoms. The van der Waals surface area contributed by atoms with Crippen LogP contribution in [0.1, 0.15) is 0 Å². The van der Waals surface area contributed by atoms with Crippen LogP contribution >= 0.6 is 0 Å². The highest BCUT2D eigenvalue weighted by Crippen LogP contribution is 1.61. The Balaban J connectivity index is 3.53. The zero-order valence-electron chi connectivity index (χ0n) is 3.25. The maximum atomic E-state index is 9.57. The zero-order chi connectivity index (χ0) is 5.86. The summed E-state index contributed by atoms with van der Waals surface area (Å²) < 4.78 is 0. The van der Waals surface area contributed by atoms with Crippen molar-refractivity contribution in [1.82, 2.24) is 0 Å². The van der Waals surface area contributed by atoms with Crippen LogP contribution in [0, 0.1) is 0 Å². The first kappa shape index (κ1) is 7.26. The summed E-state index contributed by atoms with van der Waals surface area (Å²) in [5.41, 5.74) is 0. The van der Waals surface area contributed by atoms with Gasteiger partial charge in [-0.3, -0.25) is 22.4 Å².